The fourth-order valence-electron chi connectivity index (χ4n) is 10.8. The van der Waals surface area contributed by atoms with Gasteiger partial charge in [-0.15, -0.1) is 11.3 Å². The lowest BCUT2D eigenvalue weighted by molar-refractivity contribution is -0.146. The summed E-state index contributed by atoms with van der Waals surface area (Å²) < 4.78 is 33.2. The summed E-state index contributed by atoms with van der Waals surface area (Å²) in [6, 6.07) is 14.4. The third-order valence-corrected chi connectivity index (χ3v) is 15.0. The number of imide groups is 1. The first-order valence-electron chi connectivity index (χ1n) is 22.6. The second kappa shape index (κ2) is 16.7. The number of halogens is 2. The van der Waals surface area contributed by atoms with E-state index in [1.165, 1.54) is 28.4 Å². The van der Waals surface area contributed by atoms with Crippen LogP contribution in [0.15, 0.2) is 72.5 Å². The maximum absolute atomic E-state index is 15.9. The highest BCUT2D eigenvalue weighted by Gasteiger charge is 2.53. The predicted molar refractivity (Wildman–Crippen MR) is 242 cm³/mol. The van der Waals surface area contributed by atoms with Crippen molar-refractivity contribution in [3.05, 3.63) is 112 Å². The Morgan fingerprint density at radius 3 is 2.44 bits per heavy atom. The maximum Gasteiger partial charge on any atom is 0.255 e. The number of amides is 5. The Bertz CT molecular complexity index is 2760. The minimum atomic E-state index is -1.06. The van der Waals surface area contributed by atoms with E-state index in [9.17, 15) is 24.0 Å². The van der Waals surface area contributed by atoms with Crippen LogP contribution in [0.1, 0.15) is 76.9 Å². The third-order valence-electron chi connectivity index (χ3n) is 14.3. The van der Waals surface area contributed by atoms with Crippen molar-refractivity contribution in [2.45, 2.75) is 69.6 Å². The number of nitrogens with one attached hydrogen (secondary N) is 3. The average Bonchev–Trinajstić information content (AvgIpc) is 4.10. The van der Waals surface area contributed by atoms with Crippen molar-refractivity contribution < 1.29 is 32.8 Å². The number of aryl methyl sites for hydroxylation is 1. The lowest BCUT2D eigenvalue weighted by atomic mass is 9.72. The standard InChI is InChI=1S/C48H48F2N10O5S/c49-36-19-30(18-34-35(36)21-60(46(34)65)43(45(64)55-47-51-13-17-66-47)42-39-2-1-14-57(39)27-52-42)28-3-6-32(7-4-28)58-23-48(24-58)25-59(26-48)41(62)22-56-15-11-29(12-16-56)33-8-5-31(20-37(33)50)53-38-9-10-40(61)54-44(38)63/h3-8,13,17-20,27,29,38,43,53H,1-2,9-12,14-16,21-26H2,(H,51,55,64)(H,54,61,63)/t38-,43?/m0/s1. The van der Waals surface area contributed by atoms with E-state index >= 15 is 8.78 Å². The molecular weight excluding hydrogens is 867 g/mol. The van der Waals surface area contributed by atoms with Gasteiger partial charge >= 0.3 is 0 Å². The minimum absolute atomic E-state index is 0.0383. The number of hydrogen-bond donors (Lipinski definition) is 3. The number of aromatic nitrogens is 3. The highest BCUT2D eigenvalue weighted by Crippen LogP contribution is 2.43. The van der Waals surface area contributed by atoms with Gasteiger partial charge in [0.2, 0.25) is 17.7 Å². The third kappa shape index (κ3) is 7.78. The molecule has 0 aliphatic carbocycles. The van der Waals surface area contributed by atoms with Crippen LogP contribution in [0.3, 0.4) is 0 Å². The van der Waals surface area contributed by atoms with E-state index in [1.807, 2.05) is 33.7 Å². The molecule has 11 rings (SSSR count). The van der Waals surface area contributed by atoms with E-state index < -0.39 is 35.6 Å². The molecular formula is C48H48F2N10O5S. The van der Waals surface area contributed by atoms with Gasteiger partial charge in [-0.05, 0) is 104 Å². The van der Waals surface area contributed by atoms with E-state index in [4.69, 9.17) is 0 Å². The molecule has 5 aromatic rings. The number of benzene rings is 3. The van der Waals surface area contributed by atoms with Crippen LogP contribution in [0, 0.1) is 17.0 Å². The number of rotatable bonds is 11. The van der Waals surface area contributed by atoms with Crippen LogP contribution < -0.4 is 20.9 Å². The lowest BCUT2D eigenvalue weighted by Crippen LogP contribution is -2.73. The first kappa shape index (κ1) is 42.1. The van der Waals surface area contributed by atoms with E-state index in [2.05, 4.69) is 35.7 Å². The number of thiazole rings is 1. The van der Waals surface area contributed by atoms with Gasteiger partial charge in [-0.1, -0.05) is 18.2 Å². The van der Waals surface area contributed by atoms with Gasteiger partial charge in [0, 0.05) is 84.3 Å². The Morgan fingerprint density at radius 2 is 1.70 bits per heavy atom. The van der Waals surface area contributed by atoms with Crippen LogP contribution in [0.4, 0.5) is 25.3 Å². The fraction of sp³-hybridized carbons (Fsp3) is 0.396. The van der Waals surface area contributed by atoms with Gasteiger partial charge in [0.15, 0.2) is 11.2 Å². The van der Waals surface area contributed by atoms with Crippen molar-refractivity contribution in [3.8, 4) is 11.1 Å². The summed E-state index contributed by atoms with van der Waals surface area (Å²) in [5, 5.41) is 10.4. The molecule has 15 nitrogen and oxygen atoms in total. The van der Waals surface area contributed by atoms with E-state index in [1.54, 1.807) is 36.1 Å². The van der Waals surface area contributed by atoms with Crippen molar-refractivity contribution in [2.75, 3.05) is 61.3 Å². The molecule has 0 radical (unpaired) electrons. The number of carbonyl (C=O) groups is 5. The van der Waals surface area contributed by atoms with Gasteiger partial charge in [-0.3, -0.25) is 39.5 Å². The van der Waals surface area contributed by atoms with Crippen molar-refractivity contribution in [3.63, 3.8) is 0 Å². The van der Waals surface area contributed by atoms with Gasteiger partial charge in [0.25, 0.3) is 11.8 Å². The molecule has 6 aliphatic heterocycles. The summed E-state index contributed by atoms with van der Waals surface area (Å²) in [6.45, 7) is 5.52. The smallest absolute Gasteiger partial charge is 0.255 e. The van der Waals surface area contributed by atoms with Gasteiger partial charge < -0.3 is 24.6 Å². The van der Waals surface area contributed by atoms with Crippen molar-refractivity contribution >= 4 is 57.4 Å². The highest BCUT2D eigenvalue weighted by molar-refractivity contribution is 7.13. The van der Waals surface area contributed by atoms with E-state index in [0.29, 0.717) is 66.8 Å². The van der Waals surface area contributed by atoms with Crippen molar-refractivity contribution in [1.29, 1.82) is 0 Å². The zero-order chi connectivity index (χ0) is 45.3. The molecule has 4 fully saturated rings. The first-order chi connectivity index (χ1) is 32.0. The first-order valence-corrected chi connectivity index (χ1v) is 23.5. The molecule has 340 valence electrons. The van der Waals surface area contributed by atoms with Crippen molar-refractivity contribution in [2.24, 2.45) is 5.41 Å². The molecule has 2 aromatic heterocycles. The Labute approximate surface area is 383 Å². The normalized spacial score (nSPS) is 20.7. The molecule has 0 bridgehead atoms. The molecule has 6 aliphatic rings. The number of piperidine rings is 2. The topological polar surface area (TPSA) is 165 Å². The van der Waals surface area contributed by atoms with Crippen molar-refractivity contribution in [1.82, 2.24) is 34.6 Å². The molecule has 66 heavy (non-hydrogen) atoms. The number of imidazole rings is 1. The van der Waals surface area contributed by atoms with Crippen LogP contribution in [-0.2, 0) is 38.7 Å². The van der Waals surface area contributed by atoms with Crippen LogP contribution in [0.5, 0.6) is 0 Å². The number of nitrogens with zero attached hydrogens (tertiary/aromatic N) is 7. The monoisotopic (exact) mass is 914 g/mol. The van der Waals surface area contributed by atoms with Gasteiger partial charge in [-0.2, -0.15) is 0 Å². The van der Waals surface area contributed by atoms with Crippen LogP contribution in [0.2, 0.25) is 0 Å². The second-order valence-corrected chi connectivity index (χ2v) is 19.5. The fourth-order valence-corrected chi connectivity index (χ4v) is 11.3. The molecule has 8 heterocycles. The quantitative estimate of drug-likeness (QED) is 0.148. The van der Waals surface area contributed by atoms with E-state index in [-0.39, 0.29) is 53.1 Å². The van der Waals surface area contributed by atoms with Crippen LogP contribution in [0.25, 0.3) is 11.1 Å². The summed E-state index contributed by atoms with van der Waals surface area (Å²) in [5.74, 6) is -2.25. The lowest BCUT2D eigenvalue weighted by Gasteiger charge is -2.61. The number of likely N-dealkylation sites (tertiary alicyclic amines) is 2. The predicted octanol–water partition coefficient (Wildman–Crippen LogP) is 5.31. The summed E-state index contributed by atoms with van der Waals surface area (Å²) in [6.07, 6.45) is 7.03. The van der Waals surface area contributed by atoms with E-state index in [0.717, 1.165) is 62.3 Å². The molecule has 4 saturated heterocycles. The van der Waals surface area contributed by atoms with Crippen LogP contribution >= 0.6 is 11.3 Å². The average molecular weight is 915 g/mol. The summed E-state index contributed by atoms with van der Waals surface area (Å²) in [7, 11) is 0. The zero-order valence-electron chi connectivity index (χ0n) is 36.1. The highest BCUT2D eigenvalue weighted by atomic mass is 32.1. The zero-order valence-corrected chi connectivity index (χ0v) is 36.9. The molecule has 3 N–H and O–H groups in total. The molecule has 2 atom stereocenters. The van der Waals surface area contributed by atoms with Gasteiger partial charge in [0.05, 0.1) is 25.1 Å². The molecule has 3 aromatic carbocycles. The molecule has 1 unspecified atom stereocenters. The number of hydrogen-bond acceptors (Lipinski definition) is 11. The minimum Gasteiger partial charge on any atom is -0.374 e. The number of carbonyl (C=O) groups excluding carboxylic acids is 5. The Hall–Kier alpha value is -6.53. The molecule has 0 saturated carbocycles. The largest absolute Gasteiger partial charge is 0.374 e. The summed E-state index contributed by atoms with van der Waals surface area (Å²) >= 11 is 1.27. The van der Waals surface area contributed by atoms with Gasteiger partial charge in [-0.25, -0.2) is 18.7 Å². The SMILES string of the molecule is O=C1CC[C@H](Nc2ccc(C3CCN(CC(=O)N4CC5(C4)CN(c4ccc(-c6cc(F)c7c(c6)C(=O)N(C(C(=O)Nc6nccs6)c6ncn8c6CCC8)C7)cc4)C5)CC3)c(F)c2)C(=O)N1. The molecule has 18 heteroatoms. The van der Waals surface area contributed by atoms with Crippen LogP contribution in [-0.4, -0.2) is 111 Å². The molecule has 5 amide bonds. The Kier molecular flexibility index (Phi) is 10.7. The van der Waals surface area contributed by atoms with Gasteiger partial charge in [0.1, 0.15) is 17.7 Å². The maximum atomic E-state index is 15.9. The second-order valence-electron chi connectivity index (χ2n) is 18.6. The number of anilines is 3. The number of fused-ring (bicyclic) bond motifs is 2. The Morgan fingerprint density at radius 1 is 0.894 bits per heavy atom. The Balaban J connectivity index is 0.667. The summed E-state index contributed by atoms with van der Waals surface area (Å²) in [4.78, 5) is 81.4. The summed E-state index contributed by atoms with van der Waals surface area (Å²) in [5.41, 5.74) is 5.45. The molecule has 1 spiro atoms.